The van der Waals surface area contributed by atoms with Crippen LogP contribution < -0.4 is 10.1 Å². The van der Waals surface area contributed by atoms with Gasteiger partial charge in [-0.15, -0.1) is 0 Å². The maximum absolute atomic E-state index is 12.4. The first-order chi connectivity index (χ1) is 13.6. The molecule has 1 atom stereocenters. The molecule has 142 valence electrons. The fourth-order valence-electron chi connectivity index (χ4n) is 2.82. The number of nitrogens with one attached hydrogen (secondary N) is 1. The molecule has 3 aromatic rings. The highest BCUT2D eigenvalue weighted by Gasteiger charge is 2.12. The van der Waals surface area contributed by atoms with Crippen molar-refractivity contribution in [3.63, 3.8) is 0 Å². The molecule has 0 heterocycles. The van der Waals surface area contributed by atoms with Gasteiger partial charge in [0.1, 0.15) is 5.75 Å². The molecular formula is C24H23NO3. The van der Waals surface area contributed by atoms with E-state index in [0.717, 1.165) is 17.5 Å². The van der Waals surface area contributed by atoms with Crippen LogP contribution in [-0.2, 0) is 6.42 Å². The molecule has 0 aliphatic heterocycles. The Balaban J connectivity index is 1.60. The fraction of sp³-hybridized carbons (Fsp3) is 0.167. The van der Waals surface area contributed by atoms with Gasteiger partial charge in [0.15, 0.2) is 0 Å². The molecule has 0 radical (unpaired) electrons. The smallest absolute Gasteiger partial charge is 0.343 e. The van der Waals surface area contributed by atoms with Gasteiger partial charge >= 0.3 is 5.97 Å². The first kappa shape index (κ1) is 19.4. The van der Waals surface area contributed by atoms with Crippen molar-refractivity contribution in [3.8, 4) is 5.75 Å². The Morgan fingerprint density at radius 2 is 1.46 bits per heavy atom. The number of rotatable bonds is 6. The summed E-state index contributed by atoms with van der Waals surface area (Å²) in [5.41, 5.74) is 3.21. The van der Waals surface area contributed by atoms with Gasteiger partial charge in [0, 0.05) is 5.56 Å². The molecular weight excluding hydrogens is 350 g/mol. The fourth-order valence-corrected chi connectivity index (χ4v) is 2.82. The lowest BCUT2D eigenvalue weighted by molar-refractivity contribution is 0.0734. The molecule has 0 fully saturated rings. The first-order valence-corrected chi connectivity index (χ1v) is 9.34. The Bertz CT molecular complexity index is 932. The van der Waals surface area contributed by atoms with E-state index in [4.69, 9.17) is 4.74 Å². The number of amides is 1. The van der Waals surface area contributed by atoms with Crippen molar-refractivity contribution < 1.29 is 14.3 Å². The minimum absolute atomic E-state index is 0.0997. The molecule has 0 bridgehead atoms. The number of hydrogen-bond acceptors (Lipinski definition) is 3. The number of hydrogen-bond donors (Lipinski definition) is 1. The summed E-state index contributed by atoms with van der Waals surface area (Å²) in [6.45, 7) is 4.00. The maximum atomic E-state index is 12.4. The SMILES string of the molecule is CCc1ccc(C(=O)Oc2ccc(C(=O)NC(C)c3ccccc3)cc2)cc1. The zero-order valence-electron chi connectivity index (χ0n) is 16.0. The third-order valence-corrected chi connectivity index (χ3v) is 4.57. The van der Waals surface area contributed by atoms with Crippen LogP contribution in [0.2, 0.25) is 0 Å². The lowest BCUT2D eigenvalue weighted by Crippen LogP contribution is -2.26. The molecule has 3 rings (SSSR count). The maximum Gasteiger partial charge on any atom is 0.343 e. The number of aryl methyl sites for hydroxylation is 1. The third-order valence-electron chi connectivity index (χ3n) is 4.57. The van der Waals surface area contributed by atoms with Crippen molar-refractivity contribution in [2.45, 2.75) is 26.3 Å². The Hall–Kier alpha value is -3.40. The van der Waals surface area contributed by atoms with Crippen LogP contribution in [0, 0.1) is 0 Å². The van der Waals surface area contributed by atoms with Crippen molar-refractivity contribution in [2.24, 2.45) is 0 Å². The topological polar surface area (TPSA) is 55.4 Å². The van der Waals surface area contributed by atoms with E-state index in [1.54, 1.807) is 36.4 Å². The van der Waals surface area contributed by atoms with Crippen LogP contribution in [0.3, 0.4) is 0 Å². The van der Waals surface area contributed by atoms with Gasteiger partial charge in [0.25, 0.3) is 5.91 Å². The molecule has 1 amide bonds. The van der Waals surface area contributed by atoms with E-state index < -0.39 is 5.97 Å². The summed E-state index contributed by atoms with van der Waals surface area (Å²) in [6, 6.07) is 23.6. The predicted molar refractivity (Wildman–Crippen MR) is 110 cm³/mol. The monoisotopic (exact) mass is 373 g/mol. The Morgan fingerprint density at radius 3 is 2.07 bits per heavy atom. The summed E-state index contributed by atoms with van der Waals surface area (Å²) in [5.74, 6) is -0.195. The predicted octanol–water partition coefficient (Wildman–Crippen LogP) is 4.96. The normalized spacial score (nSPS) is 11.5. The molecule has 4 heteroatoms. The van der Waals surface area contributed by atoms with Crippen molar-refractivity contribution in [1.82, 2.24) is 5.32 Å². The van der Waals surface area contributed by atoms with Gasteiger partial charge in [-0.1, -0.05) is 49.4 Å². The summed E-state index contributed by atoms with van der Waals surface area (Å²) in [5, 5.41) is 2.96. The highest BCUT2D eigenvalue weighted by molar-refractivity contribution is 5.95. The molecule has 4 nitrogen and oxygen atoms in total. The van der Waals surface area contributed by atoms with E-state index in [1.165, 1.54) is 0 Å². The van der Waals surface area contributed by atoms with Gasteiger partial charge < -0.3 is 10.1 Å². The highest BCUT2D eigenvalue weighted by atomic mass is 16.5. The second kappa shape index (κ2) is 9.00. The standard InChI is InChI=1S/C24H23NO3/c1-3-18-9-11-21(12-10-18)24(27)28-22-15-13-20(14-16-22)23(26)25-17(2)19-7-5-4-6-8-19/h4-17H,3H2,1-2H3,(H,25,26). The van der Waals surface area contributed by atoms with Gasteiger partial charge in [-0.3, -0.25) is 4.79 Å². The molecule has 28 heavy (non-hydrogen) atoms. The van der Waals surface area contributed by atoms with Crippen LogP contribution in [0.4, 0.5) is 0 Å². The zero-order valence-corrected chi connectivity index (χ0v) is 16.0. The van der Waals surface area contributed by atoms with Gasteiger partial charge in [0.05, 0.1) is 11.6 Å². The Morgan fingerprint density at radius 1 is 0.857 bits per heavy atom. The lowest BCUT2D eigenvalue weighted by atomic mass is 10.1. The summed E-state index contributed by atoms with van der Waals surface area (Å²) in [7, 11) is 0. The second-order valence-corrected chi connectivity index (χ2v) is 6.57. The molecule has 1 N–H and O–H groups in total. The highest BCUT2D eigenvalue weighted by Crippen LogP contribution is 2.17. The minimum Gasteiger partial charge on any atom is -0.423 e. The summed E-state index contributed by atoms with van der Waals surface area (Å²) in [4.78, 5) is 24.7. The molecule has 0 spiro atoms. The van der Waals surface area contributed by atoms with Crippen molar-refractivity contribution in [3.05, 3.63) is 101 Å². The molecule has 0 aliphatic rings. The van der Waals surface area contributed by atoms with E-state index in [9.17, 15) is 9.59 Å². The molecule has 0 saturated heterocycles. The number of carbonyl (C=O) groups excluding carboxylic acids is 2. The molecule has 1 unspecified atom stereocenters. The van der Waals surface area contributed by atoms with Crippen LogP contribution >= 0.6 is 0 Å². The van der Waals surface area contributed by atoms with Gasteiger partial charge in [-0.25, -0.2) is 4.79 Å². The average molecular weight is 373 g/mol. The van der Waals surface area contributed by atoms with Gasteiger partial charge in [-0.2, -0.15) is 0 Å². The van der Waals surface area contributed by atoms with E-state index in [0.29, 0.717) is 16.9 Å². The third kappa shape index (κ3) is 4.86. The van der Waals surface area contributed by atoms with Crippen LogP contribution in [-0.4, -0.2) is 11.9 Å². The number of benzene rings is 3. The van der Waals surface area contributed by atoms with Crippen molar-refractivity contribution in [2.75, 3.05) is 0 Å². The Kier molecular flexibility index (Phi) is 6.22. The first-order valence-electron chi connectivity index (χ1n) is 9.34. The van der Waals surface area contributed by atoms with Gasteiger partial charge in [-0.05, 0) is 60.9 Å². The summed E-state index contributed by atoms with van der Waals surface area (Å²) < 4.78 is 5.39. The van der Waals surface area contributed by atoms with Gasteiger partial charge in [0.2, 0.25) is 0 Å². The minimum atomic E-state index is -0.419. The van der Waals surface area contributed by atoms with E-state index in [2.05, 4.69) is 12.2 Å². The van der Waals surface area contributed by atoms with E-state index in [-0.39, 0.29) is 11.9 Å². The second-order valence-electron chi connectivity index (χ2n) is 6.57. The Labute approximate surface area is 165 Å². The summed E-state index contributed by atoms with van der Waals surface area (Å²) in [6.07, 6.45) is 0.918. The van der Waals surface area contributed by atoms with Crippen LogP contribution in [0.1, 0.15) is 51.7 Å². The van der Waals surface area contributed by atoms with Crippen LogP contribution in [0.5, 0.6) is 5.75 Å². The zero-order chi connectivity index (χ0) is 19.9. The molecule has 0 aliphatic carbocycles. The lowest BCUT2D eigenvalue weighted by Gasteiger charge is -2.14. The van der Waals surface area contributed by atoms with E-state index >= 15 is 0 Å². The van der Waals surface area contributed by atoms with Crippen molar-refractivity contribution in [1.29, 1.82) is 0 Å². The molecule has 0 aromatic heterocycles. The number of ether oxygens (including phenoxy) is 1. The van der Waals surface area contributed by atoms with Crippen LogP contribution in [0.15, 0.2) is 78.9 Å². The number of esters is 1. The summed E-state index contributed by atoms with van der Waals surface area (Å²) >= 11 is 0. The number of carbonyl (C=O) groups is 2. The van der Waals surface area contributed by atoms with Crippen LogP contribution in [0.25, 0.3) is 0 Å². The quantitative estimate of drug-likeness (QED) is 0.491. The average Bonchev–Trinajstić information content (AvgIpc) is 2.74. The molecule has 3 aromatic carbocycles. The largest absolute Gasteiger partial charge is 0.423 e. The van der Waals surface area contributed by atoms with Crippen molar-refractivity contribution >= 4 is 11.9 Å². The van der Waals surface area contributed by atoms with E-state index in [1.807, 2.05) is 49.4 Å². The molecule has 0 saturated carbocycles.